The van der Waals surface area contributed by atoms with Crippen molar-refractivity contribution in [3.8, 4) is 0 Å². The zero-order chi connectivity index (χ0) is 4.28. The number of hydrogen-bond acceptors (Lipinski definition) is 3. The van der Waals surface area contributed by atoms with E-state index < -0.39 is 7.32 Å². The third kappa shape index (κ3) is 9.30. The van der Waals surface area contributed by atoms with E-state index in [0.717, 1.165) is 0 Å². The van der Waals surface area contributed by atoms with Gasteiger partial charge in [0.2, 0.25) is 0 Å². The van der Waals surface area contributed by atoms with Gasteiger partial charge in [-0.3, -0.25) is 4.21 Å². The Labute approximate surface area is 84.9 Å². The van der Waals surface area contributed by atoms with Crippen LogP contribution in [0.5, 0.6) is 0 Å². The van der Waals surface area contributed by atoms with Crippen LogP contribution in [0.3, 0.4) is 0 Å². The summed E-state index contributed by atoms with van der Waals surface area (Å²) in [5, 5.41) is 15.1. The van der Waals surface area contributed by atoms with Crippen molar-refractivity contribution in [3.63, 3.8) is 0 Å². The zero-order valence-electron chi connectivity index (χ0n) is 4.26. The van der Waals surface area contributed by atoms with Gasteiger partial charge in [-0.05, 0) is 0 Å². The third-order valence-electron chi connectivity index (χ3n) is 0.0797. The first kappa shape index (κ1) is 10.8. The normalized spacial score (nSPS) is 6.50. The number of halogens is 1. The second-order valence-electron chi connectivity index (χ2n) is 0.415. The maximum absolute atomic E-state index is 7.56. The summed E-state index contributed by atoms with van der Waals surface area (Å²) in [4.78, 5) is 0. The molecule has 0 aliphatic heterocycles. The first-order valence-electron chi connectivity index (χ1n) is 0.906. The molecule has 0 aromatic rings. The van der Waals surface area contributed by atoms with E-state index in [2.05, 4.69) is 16.1 Å². The molecular formula is H3BClKO3. The molecule has 6 heteroatoms. The van der Waals surface area contributed by atoms with E-state index in [9.17, 15) is 0 Å². The quantitative estimate of drug-likeness (QED) is 0.364. The standard InChI is InChI=1S/BClH2O3.K.H/c2-5-1(3)4;;/h3-4H;;/q;+1;-1. The maximum atomic E-state index is 7.56. The van der Waals surface area contributed by atoms with Crippen LogP contribution in [-0.2, 0) is 4.21 Å². The molecule has 0 saturated heterocycles. The molecule has 0 aromatic heterocycles. The van der Waals surface area contributed by atoms with E-state index in [0.29, 0.717) is 0 Å². The minimum atomic E-state index is -1.85. The number of rotatable bonds is 1. The second-order valence-corrected chi connectivity index (χ2v) is 0.594. The van der Waals surface area contributed by atoms with Gasteiger partial charge in [0.1, 0.15) is 0 Å². The van der Waals surface area contributed by atoms with Gasteiger partial charge in [-0.25, -0.2) is 0 Å². The van der Waals surface area contributed by atoms with Crippen LogP contribution in [0.1, 0.15) is 1.43 Å². The molecule has 0 bridgehead atoms. The first-order chi connectivity index (χ1) is 2.27. The minimum Gasteiger partial charge on any atom is -1.00 e. The summed E-state index contributed by atoms with van der Waals surface area (Å²) in [5.74, 6) is 0. The Balaban J connectivity index is -0.0000000800. The van der Waals surface area contributed by atoms with Gasteiger partial charge < -0.3 is 11.5 Å². The summed E-state index contributed by atoms with van der Waals surface area (Å²) >= 11 is 4.34. The summed E-state index contributed by atoms with van der Waals surface area (Å²) < 4.78 is 3.33. The molecule has 0 fully saturated rings. The molecule has 0 heterocycles. The van der Waals surface area contributed by atoms with Gasteiger partial charge in [-0.1, -0.05) is 0 Å². The summed E-state index contributed by atoms with van der Waals surface area (Å²) in [6.45, 7) is 0. The summed E-state index contributed by atoms with van der Waals surface area (Å²) in [7, 11) is -1.85. The molecule has 0 atom stereocenters. The fourth-order valence-corrected chi connectivity index (χ4v) is 0. The number of hydrogen-bond donors (Lipinski definition) is 2. The zero-order valence-corrected chi connectivity index (χ0v) is 7.14. The molecule has 0 saturated carbocycles. The van der Waals surface area contributed by atoms with E-state index in [4.69, 9.17) is 10.0 Å². The van der Waals surface area contributed by atoms with Crippen LogP contribution in [0.2, 0.25) is 0 Å². The fourth-order valence-electron chi connectivity index (χ4n) is 0. The maximum Gasteiger partial charge on any atom is 1.00 e. The van der Waals surface area contributed by atoms with E-state index >= 15 is 0 Å². The Kier molecular flexibility index (Phi) is 12.3. The van der Waals surface area contributed by atoms with Crippen molar-refractivity contribution in [2.24, 2.45) is 0 Å². The Hall–Kier alpha value is 1.87. The van der Waals surface area contributed by atoms with Crippen molar-refractivity contribution in [3.05, 3.63) is 0 Å². The molecular weight excluding hydrogens is 133 g/mol. The van der Waals surface area contributed by atoms with Gasteiger partial charge in [-0.2, -0.15) is 0 Å². The monoisotopic (exact) mass is 136 g/mol. The largest absolute Gasteiger partial charge is 1.00 e. The van der Waals surface area contributed by atoms with E-state index in [-0.39, 0.29) is 52.8 Å². The van der Waals surface area contributed by atoms with Gasteiger partial charge in [0.05, 0.1) is 0 Å². The molecule has 0 amide bonds. The Bertz CT molecular complexity index is 28.9. The average Bonchev–Trinajstić information content (AvgIpc) is 1.38. The summed E-state index contributed by atoms with van der Waals surface area (Å²) in [6, 6.07) is 0. The Morgan fingerprint density at radius 1 is 1.67 bits per heavy atom. The van der Waals surface area contributed by atoms with Crippen molar-refractivity contribution in [2.45, 2.75) is 0 Å². The van der Waals surface area contributed by atoms with Gasteiger partial charge in [-0.15, -0.1) is 0 Å². The van der Waals surface area contributed by atoms with Crippen LogP contribution in [0.15, 0.2) is 0 Å². The molecule has 6 heavy (non-hydrogen) atoms. The van der Waals surface area contributed by atoms with E-state index in [1.165, 1.54) is 0 Å². The average molecular weight is 136 g/mol. The van der Waals surface area contributed by atoms with Crippen LogP contribution < -0.4 is 51.4 Å². The predicted octanol–water partition coefficient (Wildman–Crippen LogP) is -3.76. The van der Waals surface area contributed by atoms with Gasteiger partial charge in [0, 0.05) is 11.9 Å². The van der Waals surface area contributed by atoms with Crippen molar-refractivity contribution in [1.82, 2.24) is 0 Å². The minimum absolute atomic E-state index is 0. The first-order valence-corrected chi connectivity index (χ1v) is 1.22. The van der Waals surface area contributed by atoms with Crippen LogP contribution in [0.25, 0.3) is 0 Å². The van der Waals surface area contributed by atoms with Crippen molar-refractivity contribution in [1.29, 1.82) is 0 Å². The van der Waals surface area contributed by atoms with Gasteiger partial charge in [0.15, 0.2) is 0 Å². The molecule has 0 aliphatic rings. The summed E-state index contributed by atoms with van der Waals surface area (Å²) in [5.41, 5.74) is 0. The molecule has 3 nitrogen and oxygen atoms in total. The van der Waals surface area contributed by atoms with Crippen LogP contribution in [0, 0.1) is 0 Å². The molecule has 0 radical (unpaired) electrons. The van der Waals surface area contributed by atoms with Crippen LogP contribution >= 0.6 is 11.9 Å². The Morgan fingerprint density at radius 3 is 1.83 bits per heavy atom. The molecule has 32 valence electrons. The topological polar surface area (TPSA) is 49.7 Å². The summed E-state index contributed by atoms with van der Waals surface area (Å²) in [6.07, 6.45) is 0. The van der Waals surface area contributed by atoms with Crippen LogP contribution in [-0.4, -0.2) is 17.4 Å². The second kappa shape index (κ2) is 6.87. The molecule has 0 aliphatic carbocycles. The van der Waals surface area contributed by atoms with Crippen molar-refractivity contribution < 1.29 is 67.1 Å². The third-order valence-corrected chi connectivity index (χ3v) is 0.239. The van der Waals surface area contributed by atoms with E-state index in [1.54, 1.807) is 0 Å². The molecule has 2 N–H and O–H groups in total. The molecule has 0 aromatic carbocycles. The van der Waals surface area contributed by atoms with Crippen LogP contribution in [0.4, 0.5) is 0 Å². The Morgan fingerprint density at radius 2 is 1.83 bits per heavy atom. The fraction of sp³-hybridized carbons (Fsp3) is 0. The predicted molar refractivity (Wildman–Crippen MR) is 18.2 cm³/mol. The molecule has 0 spiro atoms. The SMILES string of the molecule is OB(O)OCl.[H-].[K+]. The smallest absolute Gasteiger partial charge is 1.00 e. The van der Waals surface area contributed by atoms with Crippen molar-refractivity contribution in [2.75, 3.05) is 0 Å². The van der Waals surface area contributed by atoms with E-state index in [1.807, 2.05) is 0 Å². The van der Waals surface area contributed by atoms with Gasteiger partial charge in [0.25, 0.3) is 0 Å². The molecule has 0 unspecified atom stereocenters. The molecule has 0 rings (SSSR count). The van der Waals surface area contributed by atoms with Gasteiger partial charge >= 0.3 is 58.7 Å². The van der Waals surface area contributed by atoms with Crippen molar-refractivity contribution >= 4 is 19.2 Å².